The third kappa shape index (κ3) is 3.88. The van der Waals surface area contributed by atoms with Crippen LogP contribution < -0.4 is 10.2 Å². The fraction of sp³-hybridized carbons (Fsp3) is 0.120. The fourth-order valence-electron chi connectivity index (χ4n) is 3.77. The zero-order valence-corrected chi connectivity index (χ0v) is 17.2. The highest BCUT2D eigenvalue weighted by molar-refractivity contribution is 6.07. The fourth-order valence-corrected chi connectivity index (χ4v) is 3.77. The Bertz CT molecular complexity index is 1310. The Balaban J connectivity index is 1.41. The number of amides is 2. The molecule has 1 aliphatic rings. The molecule has 158 valence electrons. The third-order valence-corrected chi connectivity index (χ3v) is 5.35. The lowest BCUT2D eigenvalue weighted by Gasteiger charge is -2.14. The summed E-state index contributed by atoms with van der Waals surface area (Å²) in [6.07, 6.45) is 3.08. The van der Waals surface area contributed by atoms with Gasteiger partial charge in [-0.15, -0.1) is 0 Å². The predicted octanol–water partition coefficient (Wildman–Crippen LogP) is 4.18. The van der Waals surface area contributed by atoms with Crippen molar-refractivity contribution >= 4 is 28.6 Å². The number of nitrogens with zero attached hydrogens (tertiary/aromatic N) is 3. The zero-order valence-electron chi connectivity index (χ0n) is 17.2. The van der Waals surface area contributed by atoms with Crippen LogP contribution in [0.5, 0.6) is 0 Å². The lowest BCUT2D eigenvalue weighted by molar-refractivity contribution is 0.0952. The van der Waals surface area contributed by atoms with E-state index in [-0.39, 0.29) is 12.0 Å². The summed E-state index contributed by atoms with van der Waals surface area (Å²) in [5.41, 5.74) is 4.48. The maximum absolute atomic E-state index is 13.2. The molecule has 1 N–H and O–H groups in total. The van der Waals surface area contributed by atoms with Gasteiger partial charge in [-0.05, 0) is 42.0 Å². The molecule has 0 radical (unpaired) electrons. The third-order valence-electron chi connectivity index (χ3n) is 5.35. The van der Waals surface area contributed by atoms with Crippen LogP contribution >= 0.6 is 0 Å². The molecule has 1 saturated heterocycles. The second-order valence-corrected chi connectivity index (χ2v) is 7.43. The number of benzene rings is 2. The van der Waals surface area contributed by atoms with Crippen LogP contribution in [0.1, 0.15) is 15.9 Å². The van der Waals surface area contributed by atoms with Crippen molar-refractivity contribution in [1.29, 1.82) is 0 Å². The molecule has 0 atom stereocenters. The summed E-state index contributed by atoms with van der Waals surface area (Å²) in [7, 11) is 0. The smallest absolute Gasteiger partial charge is 0.414 e. The molecule has 5 rings (SSSR count). The zero-order chi connectivity index (χ0) is 21.9. The van der Waals surface area contributed by atoms with Crippen molar-refractivity contribution in [3.8, 4) is 11.3 Å². The minimum absolute atomic E-state index is 0.195. The van der Waals surface area contributed by atoms with Crippen LogP contribution in [-0.4, -0.2) is 35.1 Å². The molecule has 3 heterocycles. The summed E-state index contributed by atoms with van der Waals surface area (Å²) >= 11 is 0. The van der Waals surface area contributed by atoms with E-state index >= 15 is 0 Å². The van der Waals surface area contributed by atoms with Crippen molar-refractivity contribution in [2.75, 3.05) is 18.1 Å². The van der Waals surface area contributed by atoms with E-state index in [9.17, 15) is 9.59 Å². The summed E-state index contributed by atoms with van der Waals surface area (Å²) in [4.78, 5) is 35.4. The topological polar surface area (TPSA) is 84.4 Å². The molecule has 2 amide bonds. The van der Waals surface area contributed by atoms with E-state index < -0.39 is 0 Å². The summed E-state index contributed by atoms with van der Waals surface area (Å²) in [5, 5.41) is 3.78. The van der Waals surface area contributed by atoms with Gasteiger partial charge in [-0.1, -0.05) is 30.3 Å². The van der Waals surface area contributed by atoms with Gasteiger partial charge in [-0.2, -0.15) is 0 Å². The summed E-state index contributed by atoms with van der Waals surface area (Å²) in [5.74, 6) is -0.195. The van der Waals surface area contributed by atoms with Gasteiger partial charge in [0.2, 0.25) is 0 Å². The molecule has 0 saturated carbocycles. The summed E-state index contributed by atoms with van der Waals surface area (Å²) in [6.45, 7) is 1.23. The SMILES string of the molecule is O=C(NCc1cccc(N2CCOC2=O)c1)c1cc(-c2cccnc2)nc2ccccc12. The maximum Gasteiger partial charge on any atom is 0.414 e. The van der Waals surface area contributed by atoms with Gasteiger partial charge in [0, 0.05) is 35.6 Å². The maximum atomic E-state index is 13.2. The first-order chi connectivity index (χ1) is 15.7. The van der Waals surface area contributed by atoms with E-state index in [4.69, 9.17) is 9.72 Å². The number of anilines is 1. The average molecular weight is 424 g/mol. The summed E-state index contributed by atoms with van der Waals surface area (Å²) in [6, 6.07) is 20.7. The van der Waals surface area contributed by atoms with Crippen molar-refractivity contribution in [1.82, 2.24) is 15.3 Å². The molecule has 0 unspecified atom stereocenters. The van der Waals surface area contributed by atoms with E-state index in [1.807, 2.05) is 60.7 Å². The van der Waals surface area contributed by atoms with E-state index in [2.05, 4.69) is 10.3 Å². The number of hydrogen-bond acceptors (Lipinski definition) is 5. The first-order valence-electron chi connectivity index (χ1n) is 10.3. The highest BCUT2D eigenvalue weighted by Crippen LogP contribution is 2.25. The van der Waals surface area contributed by atoms with Gasteiger partial charge >= 0.3 is 6.09 Å². The minimum atomic E-state index is -0.350. The lowest BCUT2D eigenvalue weighted by Crippen LogP contribution is -2.25. The number of cyclic esters (lactones) is 1. The first-order valence-corrected chi connectivity index (χ1v) is 10.3. The number of para-hydroxylation sites is 1. The van der Waals surface area contributed by atoms with Crippen LogP contribution in [0.4, 0.5) is 10.5 Å². The van der Waals surface area contributed by atoms with Gasteiger partial charge < -0.3 is 10.1 Å². The second kappa shape index (κ2) is 8.47. The molecule has 2 aromatic carbocycles. The molecule has 2 aromatic heterocycles. The van der Waals surface area contributed by atoms with Crippen LogP contribution in [-0.2, 0) is 11.3 Å². The molecular formula is C25H20N4O3. The second-order valence-electron chi connectivity index (χ2n) is 7.43. The Morgan fingerprint density at radius 3 is 2.78 bits per heavy atom. The van der Waals surface area contributed by atoms with Crippen LogP contribution in [0.15, 0.2) is 79.1 Å². The van der Waals surface area contributed by atoms with Crippen molar-refractivity contribution in [3.63, 3.8) is 0 Å². The largest absolute Gasteiger partial charge is 0.447 e. The Hall–Kier alpha value is -4.26. The molecular weight excluding hydrogens is 404 g/mol. The number of fused-ring (bicyclic) bond motifs is 1. The number of carbonyl (C=O) groups excluding carboxylic acids is 2. The molecule has 7 nitrogen and oxygen atoms in total. The number of hydrogen-bond donors (Lipinski definition) is 1. The van der Waals surface area contributed by atoms with E-state index in [0.29, 0.717) is 31.0 Å². The number of carbonyl (C=O) groups is 2. The molecule has 7 heteroatoms. The predicted molar refractivity (Wildman–Crippen MR) is 121 cm³/mol. The molecule has 4 aromatic rings. The van der Waals surface area contributed by atoms with Crippen LogP contribution in [0.25, 0.3) is 22.2 Å². The van der Waals surface area contributed by atoms with Crippen LogP contribution in [0.2, 0.25) is 0 Å². The Morgan fingerprint density at radius 2 is 1.97 bits per heavy atom. The van der Waals surface area contributed by atoms with Crippen molar-refractivity contribution in [3.05, 3.63) is 90.3 Å². The van der Waals surface area contributed by atoms with Gasteiger partial charge in [0.15, 0.2) is 0 Å². The van der Waals surface area contributed by atoms with E-state index in [0.717, 1.165) is 27.7 Å². The quantitative estimate of drug-likeness (QED) is 0.520. The molecule has 1 aliphatic heterocycles. The molecule has 1 fully saturated rings. The standard InChI is InChI=1S/C25H20N4O3/c30-24(27-15-17-5-3-7-19(13-17)29-11-12-32-25(29)31)21-14-23(18-6-4-10-26-16-18)28-22-9-2-1-8-20(21)22/h1-10,13-14,16H,11-12,15H2,(H,27,30). The number of nitrogens with one attached hydrogen (secondary N) is 1. The van der Waals surface area contributed by atoms with Crippen LogP contribution in [0.3, 0.4) is 0 Å². The van der Waals surface area contributed by atoms with Gasteiger partial charge in [0.25, 0.3) is 5.91 Å². The van der Waals surface area contributed by atoms with E-state index in [1.54, 1.807) is 23.4 Å². The van der Waals surface area contributed by atoms with Crippen molar-refractivity contribution in [2.45, 2.75) is 6.54 Å². The van der Waals surface area contributed by atoms with Gasteiger partial charge in [0.1, 0.15) is 6.61 Å². The molecule has 32 heavy (non-hydrogen) atoms. The molecule has 0 spiro atoms. The number of rotatable bonds is 5. The van der Waals surface area contributed by atoms with Gasteiger partial charge in [0.05, 0.1) is 23.3 Å². The van der Waals surface area contributed by atoms with Crippen molar-refractivity contribution in [2.24, 2.45) is 0 Å². The Labute approximate surface area is 184 Å². The Morgan fingerprint density at radius 1 is 1.06 bits per heavy atom. The number of pyridine rings is 2. The first kappa shape index (κ1) is 19.7. The number of ether oxygens (including phenoxy) is 1. The van der Waals surface area contributed by atoms with Gasteiger partial charge in [-0.25, -0.2) is 9.78 Å². The van der Waals surface area contributed by atoms with Crippen LogP contribution in [0, 0.1) is 0 Å². The highest BCUT2D eigenvalue weighted by atomic mass is 16.6. The lowest BCUT2D eigenvalue weighted by atomic mass is 10.0. The monoisotopic (exact) mass is 424 g/mol. The molecule has 0 aliphatic carbocycles. The Kier molecular flexibility index (Phi) is 5.21. The number of aromatic nitrogens is 2. The average Bonchev–Trinajstić information content (AvgIpc) is 3.28. The van der Waals surface area contributed by atoms with E-state index in [1.165, 1.54) is 0 Å². The van der Waals surface area contributed by atoms with Gasteiger partial charge in [-0.3, -0.25) is 14.7 Å². The minimum Gasteiger partial charge on any atom is -0.447 e. The summed E-state index contributed by atoms with van der Waals surface area (Å²) < 4.78 is 5.01. The normalized spacial score (nSPS) is 13.2. The van der Waals surface area contributed by atoms with Crippen molar-refractivity contribution < 1.29 is 14.3 Å². The highest BCUT2D eigenvalue weighted by Gasteiger charge is 2.23. The molecule has 0 bridgehead atoms.